The fourth-order valence-corrected chi connectivity index (χ4v) is 3.90. The number of hydrogen-bond acceptors (Lipinski definition) is 4. The van der Waals surface area contributed by atoms with Gasteiger partial charge in [-0.1, -0.05) is 30.3 Å². The van der Waals surface area contributed by atoms with E-state index in [1.807, 2.05) is 58.0 Å². The number of rotatable bonds is 3. The van der Waals surface area contributed by atoms with Crippen molar-refractivity contribution in [3.05, 3.63) is 40.8 Å². The first-order valence-electron chi connectivity index (χ1n) is 7.59. The maximum Gasteiger partial charge on any atom is 0.341 e. The lowest BCUT2D eigenvalue weighted by Crippen LogP contribution is -2.43. The summed E-state index contributed by atoms with van der Waals surface area (Å²) < 4.78 is 5.00. The Labute approximate surface area is 152 Å². The zero-order valence-electron chi connectivity index (χ0n) is 14.5. The lowest BCUT2D eigenvalue weighted by Gasteiger charge is -2.22. The van der Waals surface area contributed by atoms with Gasteiger partial charge in [0.1, 0.15) is 10.6 Å². The standard InChI is InChI=1S/C18H22N2O2S2/c1-11-13(12-9-7-6-8-10-12)14(16(21)22-5)15(24-11)19-17(23)20-18(2,3)4/h6-10H,1-5H3,(H2,19,20,23). The summed E-state index contributed by atoms with van der Waals surface area (Å²) in [6.45, 7) is 8.07. The van der Waals surface area contributed by atoms with Crippen molar-refractivity contribution in [1.82, 2.24) is 5.32 Å². The minimum absolute atomic E-state index is 0.163. The summed E-state index contributed by atoms with van der Waals surface area (Å²) in [5.74, 6) is -0.376. The smallest absolute Gasteiger partial charge is 0.341 e. The van der Waals surface area contributed by atoms with E-state index in [0.717, 1.165) is 16.0 Å². The number of methoxy groups -OCH3 is 1. The highest BCUT2D eigenvalue weighted by molar-refractivity contribution is 7.80. The second-order valence-corrected chi connectivity index (χ2v) is 8.06. The lowest BCUT2D eigenvalue weighted by molar-refractivity contribution is 0.0603. The molecule has 1 aromatic carbocycles. The summed E-state index contributed by atoms with van der Waals surface area (Å²) >= 11 is 6.86. The molecule has 2 aromatic rings. The van der Waals surface area contributed by atoms with Crippen LogP contribution in [0.4, 0.5) is 5.00 Å². The fourth-order valence-electron chi connectivity index (χ4n) is 2.36. The number of nitrogens with one attached hydrogen (secondary N) is 2. The molecule has 0 fully saturated rings. The summed E-state index contributed by atoms with van der Waals surface area (Å²) in [6.07, 6.45) is 0. The molecule has 1 aromatic heterocycles. The second kappa shape index (κ2) is 7.32. The van der Waals surface area contributed by atoms with E-state index in [4.69, 9.17) is 17.0 Å². The molecule has 0 saturated heterocycles. The summed E-state index contributed by atoms with van der Waals surface area (Å²) in [4.78, 5) is 13.4. The molecule has 0 spiro atoms. The first-order chi connectivity index (χ1) is 11.2. The zero-order valence-corrected chi connectivity index (χ0v) is 16.2. The highest BCUT2D eigenvalue weighted by Crippen LogP contribution is 2.40. The van der Waals surface area contributed by atoms with Crippen LogP contribution in [-0.4, -0.2) is 23.7 Å². The molecule has 2 rings (SSSR count). The van der Waals surface area contributed by atoms with Crippen LogP contribution in [0.3, 0.4) is 0 Å². The predicted octanol–water partition coefficient (Wildman–Crippen LogP) is 4.60. The van der Waals surface area contributed by atoms with Crippen molar-refractivity contribution >= 4 is 39.6 Å². The van der Waals surface area contributed by atoms with Crippen molar-refractivity contribution in [1.29, 1.82) is 0 Å². The number of ether oxygens (including phenoxy) is 1. The monoisotopic (exact) mass is 362 g/mol. The van der Waals surface area contributed by atoms with Gasteiger partial charge in [0.2, 0.25) is 0 Å². The van der Waals surface area contributed by atoms with E-state index in [2.05, 4.69) is 10.6 Å². The van der Waals surface area contributed by atoms with Gasteiger partial charge in [-0.3, -0.25) is 0 Å². The molecule has 4 nitrogen and oxygen atoms in total. The van der Waals surface area contributed by atoms with Crippen LogP contribution < -0.4 is 10.6 Å². The van der Waals surface area contributed by atoms with Crippen molar-refractivity contribution in [2.45, 2.75) is 33.2 Å². The van der Waals surface area contributed by atoms with Gasteiger partial charge in [0, 0.05) is 16.0 Å². The zero-order chi connectivity index (χ0) is 17.9. The minimum Gasteiger partial charge on any atom is -0.465 e. The first kappa shape index (κ1) is 18.4. The molecule has 0 radical (unpaired) electrons. The third-order valence-corrected chi connectivity index (χ3v) is 4.48. The predicted molar refractivity (Wildman–Crippen MR) is 105 cm³/mol. The topological polar surface area (TPSA) is 50.4 Å². The van der Waals surface area contributed by atoms with Crippen molar-refractivity contribution in [2.75, 3.05) is 12.4 Å². The summed E-state index contributed by atoms with van der Waals surface area (Å²) in [7, 11) is 1.39. The van der Waals surface area contributed by atoms with Gasteiger partial charge in [-0.15, -0.1) is 11.3 Å². The Hall–Kier alpha value is -1.92. The largest absolute Gasteiger partial charge is 0.465 e. The third kappa shape index (κ3) is 4.33. The van der Waals surface area contributed by atoms with Crippen LogP contribution >= 0.6 is 23.6 Å². The second-order valence-electron chi connectivity index (χ2n) is 6.42. The van der Waals surface area contributed by atoms with Gasteiger partial charge in [0.05, 0.1) is 7.11 Å². The molecule has 0 bridgehead atoms. The van der Waals surface area contributed by atoms with Crippen LogP contribution in [0, 0.1) is 6.92 Å². The normalized spacial score (nSPS) is 11.0. The van der Waals surface area contributed by atoms with E-state index >= 15 is 0 Å². The van der Waals surface area contributed by atoms with Crippen molar-refractivity contribution in [3.8, 4) is 11.1 Å². The number of anilines is 1. The number of thiophene rings is 1. The van der Waals surface area contributed by atoms with Gasteiger partial charge in [0.25, 0.3) is 0 Å². The molecule has 0 aliphatic heterocycles. The Morgan fingerprint density at radius 2 is 1.83 bits per heavy atom. The number of hydrogen-bond donors (Lipinski definition) is 2. The molecule has 0 unspecified atom stereocenters. The molecule has 0 aliphatic rings. The molecule has 24 heavy (non-hydrogen) atoms. The Morgan fingerprint density at radius 3 is 2.38 bits per heavy atom. The molecular formula is C18H22N2O2S2. The van der Waals surface area contributed by atoms with Gasteiger partial charge in [-0.2, -0.15) is 0 Å². The van der Waals surface area contributed by atoms with Gasteiger partial charge >= 0.3 is 5.97 Å². The number of carbonyl (C=O) groups excluding carboxylic acids is 1. The molecule has 128 valence electrons. The van der Waals surface area contributed by atoms with E-state index in [0.29, 0.717) is 15.7 Å². The Balaban J connectivity index is 2.46. The summed E-state index contributed by atoms with van der Waals surface area (Å²) in [5, 5.41) is 7.52. The maximum atomic E-state index is 12.4. The highest BCUT2D eigenvalue weighted by Gasteiger charge is 2.25. The van der Waals surface area contributed by atoms with E-state index in [9.17, 15) is 4.79 Å². The molecule has 6 heteroatoms. The Bertz CT molecular complexity index is 746. The molecule has 0 aliphatic carbocycles. The maximum absolute atomic E-state index is 12.4. The molecule has 0 amide bonds. The molecule has 1 heterocycles. The highest BCUT2D eigenvalue weighted by atomic mass is 32.1. The van der Waals surface area contributed by atoms with Gasteiger partial charge in [-0.25, -0.2) is 4.79 Å². The van der Waals surface area contributed by atoms with Gasteiger partial charge in [0.15, 0.2) is 5.11 Å². The van der Waals surface area contributed by atoms with Crippen LogP contribution in [0.1, 0.15) is 36.0 Å². The number of thiocarbonyl (C=S) groups is 1. The van der Waals surface area contributed by atoms with Crippen LogP contribution in [0.15, 0.2) is 30.3 Å². The Morgan fingerprint density at radius 1 is 1.21 bits per heavy atom. The van der Waals surface area contributed by atoms with E-state index in [-0.39, 0.29) is 11.5 Å². The number of esters is 1. The summed E-state index contributed by atoms with van der Waals surface area (Å²) in [6, 6.07) is 9.82. The lowest BCUT2D eigenvalue weighted by atomic mass is 10.0. The summed E-state index contributed by atoms with van der Waals surface area (Å²) in [5.41, 5.74) is 2.22. The van der Waals surface area contributed by atoms with Crippen LogP contribution in [0.25, 0.3) is 11.1 Å². The van der Waals surface area contributed by atoms with Crippen LogP contribution in [0.5, 0.6) is 0 Å². The van der Waals surface area contributed by atoms with Crippen molar-refractivity contribution < 1.29 is 9.53 Å². The van der Waals surface area contributed by atoms with E-state index < -0.39 is 0 Å². The van der Waals surface area contributed by atoms with E-state index in [1.165, 1.54) is 18.4 Å². The molecule has 0 atom stereocenters. The SMILES string of the molecule is COC(=O)c1c(NC(=S)NC(C)(C)C)sc(C)c1-c1ccccc1. The molecule has 0 saturated carbocycles. The van der Waals surface area contributed by atoms with Crippen molar-refractivity contribution in [2.24, 2.45) is 0 Å². The number of benzene rings is 1. The van der Waals surface area contributed by atoms with Crippen LogP contribution in [-0.2, 0) is 4.74 Å². The van der Waals surface area contributed by atoms with Crippen molar-refractivity contribution in [3.63, 3.8) is 0 Å². The fraction of sp³-hybridized carbons (Fsp3) is 0.333. The van der Waals surface area contributed by atoms with E-state index in [1.54, 1.807) is 0 Å². The number of carbonyl (C=O) groups is 1. The minimum atomic E-state index is -0.376. The third-order valence-electron chi connectivity index (χ3n) is 3.25. The average molecular weight is 363 g/mol. The first-order valence-corrected chi connectivity index (χ1v) is 8.81. The van der Waals surface area contributed by atoms with Gasteiger partial charge in [-0.05, 0) is 45.5 Å². The van der Waals surface area contributed by atoms with Gasteiger partial charge < -0.3 is 15.4 Å². The average Bonchev–Trinajstić information content (AvgIpc) is 2.81. The molecular weight excluding hydrogens is 340 g/mol. The molecule has 2 N–H and O–H groups in total. The van der Waals surface area contributed by atoms with Crippen LogP contribution in [0.2, 0.25) is 0 Å². The number of aryl methyl sites for hydroxylation is 1. The Kier molecular flexibility index (Phi) is 5.62. The quantitative estimate of drug-likeness (QED) is 0.617.